The molecule has 2 aliphatic heterocycles. The lowest BCUT2D eigenvalue weighted by atomic mass is 9.44. The summed E-state index contributed by atoms with van der Waals surface area (Å²) in [5.74, 6) is 2.16. The quantitative estimate of drug-likeness (QED) is 0.403. The molecule has 4 aliphatic carbocycles. The number of aliphatic hydroxyl groups is 2. The van der Waals surface area contributed by atoms with Gasteiger partial charge in [0.2, 0.25) is 17.7 Å². The summed E-state index contributed by atoms with van der Waals surface area (Å²) in [6, 6.07) is 8.69. The monoisotopic (exact) mass is 676 g/mol. The first-order chi connectivity index (χ1) is 23.5. The van der Waals surface area contributed by atoms with Crippen molar-refractivity contribution in [1.29, 1.82) is 0 Å². The van der Waals surface area contributed by atoms with Gasteiger partial charge in [-0.2, -0.15) is 0 Å². The Labute approximate surface area is 293 Å². The van der Waals surface area contributed by atoms with Crippen LogP contribution in [0.3, 0.4) is 0 Å². The third-order valence-corrected chi connectivity index (χ3v) is 14.8. The number of aliphatic hydroxyl groups excluding tert-OH is 2. The molecule has 1 aromatic rings. The minimum Gasteiger partial charge on any atom is -0.393 e. The van der Waals surface area contributed by atoms with Crippen molar-refractivity contribution in [2.24, 2.45) is 34.5 Å². The maximum absolute atomic E-state index is 14.2. The van der Waals surface area contributed by atoms with Gasteiger partial charge in [-0.3, -0.25) is 19.3 Å². The van der Waals surface area contributed by atoms with Crippen molar-refractivity contribution in [1.82, 2.24) is 20.0 Å². The van der Waals surface area contributed by atoms with Gasteiger partial charge in [-0.25, -0.2) is 0 Å². The SMILES string of the molecule is CCC(=O)N1CCC[C@H]1C(=O)N[C@@H](Cc1ccccc1)C(=O)N1CCN([C@H]2C[C@@]3(C)[C@@H](CC[C@@H]4[C@@H]3CC[C@]3(C)[C@@H](O)CC[C@@H]43)C[C@@H]2O)CC1. The molecule has 270 valence electrons. The minimum absolute atomic E-state index is 0.0205. The molecule has 7 rings (SSSR count). The summed E-state index contributed by atoms with van der Waals surface area (Å²) < 4.78 is 0. The molecule has 9 nitrogen and oxygen atoms in total. The number of hydrogen-bond acceptors (Lipinski definition) is 6. The molecule has 0 unspecified atom stereocenters. The Bertz CT molecular complexity index is 1370. The molecule has 3 N–H and O–H groups in total. The van der Waals surface area contributed by atoms with E-state index in [1.165, 1.54) is 19.3 Å². The van der Waals surface area contributed by atoms with Crippen molar-refractivity contribution in [3.05, 3.63) is 35.9 Å². The van der Waals surface area contributed by atoms with E-state index in [4.69, 9.17) is 0 Å². The molecule has 6 aliphatic rings. The first-order valence-corrected chi connectivity index (χ1v) is 19.6. The van der Waals surface area contributed by atoms with Crippen molar-refractivity contribution in [3.63, 3.8) is 0 Å². The van der Waals surface area contributed by atoms with E-state index in [-0.39, 0.29) is 46.8 Å². The number of rotatable bonds is 7. The molecule has 49 heavy (non-hydrogen) atoms. The standard InChI is InChI=1S/C40H60N4O5/c1-4-36(47)44-18-8-11-32(44)37(48)41-31(23-26-9-6-5-7-10-26)38(49)43-21-19-42(20-22-43)33-25-40(3)27(24-34(33)45)12-13-28-29-14-15-35(46)39(29,2)17-16-30(28)40/h5-7,9-10,27-35,45-46H,4,8,11-25H2,1-3H3,(H,41,48)/t27-,28-,29-,30-,31-,32-,33-,34-,35-,39-,40-/m0/s1. The normalized spacial score (nSPS) is 39.9. The molecule has 2 saturated heterocycles. The molecule has 0 spiro atoms. The fourth-order valence-electron chi connectivity index (χ4n) is 12.0. The molecule has 2 heterocycles. The van der Waals surface area contributed by atoms with Gasteiger partial charge in [-0.05, 0) is 104 Å². The molecule has 4 saturated carbocycles. The zero-order valence-corrected chi connectivity index (χ0v) is 30.1. The number of benzene rings is 1. The number of nitrogens with zero attached hydrogens (tertiary/aromatic N) is 3. The fourth-order valence-corrected chi connectivity index (χ4v) is 12.0. The number of carbonyl (C=O) groups is 3. The Morgan fingerprint density at radius 1 is 0.898 bits per heavy atom. The highest BCUT2D eigenvalue weighted by molar-refractivity contribution is 5.92. The van der Waals surface area contributed by atoms with Gasteiger partial charge >= 0.3 is 0 Å². The highest BCUT2D eigenvalue weighted by Gasteiger charge is 2.61. The highest BCUT2D eigenvalue weighted by atomic mass is 16.3. The number of carbonyl (C=O) groups excluding carboxylic acids is 3. The Kier molecular flexibility index (Phi) is 9.92. The molecule has 1 aromatic carbocycles. The number of amides is 3. The Morgan fingerprint density at radius 2 is 1.63 bits per heavy atom. The zero-order valence-electron chi connectivity index (χ0n) is 30.1. The van der Waals surface area contributed by atoms with Crippen LogP contribution in [0.15, 0.2) is 30.3 Å². The first kappa shape index (κ1) is 34.9. The number of likely N-dealkylation sites (tertiary alicyclic amines) is 1. The number of piperazine rings is 1. The van der Waals surface area contributed by atoms with Gasteiger partial charge in [0.25, 0.3) is 0 Å². The summed E-state index contributed by atoms with van der Waals surface area (Å²) in [5.41, 5.74) is 1.25. The van der Waals surface area contributed by atoms with E-state index in [9.17, 15) is 24.6 Å². The van der Waals surface area contributed by atoms with Crippen LogP contribution < -0.4 is 5.32 Å². The second-order valence-electron chi connectivity index (χ2n) is 17.1. The van der Waals surface area contributed by atoms with Gasteiger partial charge in [0.15, 0.2) is 0 Å². The zero-order chi connectivity index (χ0) is 34.5. The molecule has 9 heteroatoms. The summed E-state index contributed by atoms with van der Waals surface area (Å²) in [6.45, 7) is 9.83. The van der Waals surface area contributed by atoms with Crippen LogP contribution in [0, 0.1) is 34.5 Å². The van der Waals surface area contributed by atoms with Crippen molar-refractivity contribution in [3.8, 4) is 0 Å². The Hall–Kier alpha value is -2.49. The number of hydrogen-bond donors (Lipinski definition) is 3. The largest absolute Gasteiger partial charge is 0.393 e. The van der Waals surface area contributed by atoms with E-state index in [0.717, 1.165) is 44.1 Å². The Balaban J connectivity index is 1.01. The average molecular weight is 677 g/mol. The molecular weight excluding hydrogens is 616 g/mol. The van der Waals surface area contributed by atoms with E-state index in [1.54, 1.807) is 4.90 Å². The lowest BCUT2D eigenvalue weighted by molar-refractivity contribution is -0.157. The van der Waals surface area contributed by atoms with E-state index in [0.29, 0.717) is 75.7 Å². The van der Waals surface area contributed by atoms with Crippen LogP contribution in [-0.4, -0.2) is 106 Å². The van der Waals surface area contributed by atoms with Crippen molar-refractivity contribution in [2.45, 2.75) is 128 Å². The lowest BCUT2D eigenvalue weighted by Gasteiger charge is -2.62. The maximum atomic E-state index is 14.2. The van der Waals surface area contributed by atoms with Gasteiger partial charge in [0.1, 0.15) is 12.1 Å². The van der Waals surface area contributed by atoms with E-state index < -0.39 is 12.1 Å². The van der Waals surface area contributed by atoms with Crippen LogP contribution in [-0.2, 0) is 20.8 Å². The van der Waals surface area contributed by atoms with Crippen molar-refractivity contribution < 1.29 is 24.6 Å². The molecule has 0 bridgehead atoms. The van der Waals surface area contributed by atoms with E-state index >= 15 is 0 Å². The third kappa shape index (κ3) is 6.35. The van der Waals surface area contributed by atoms with Crippen molar-refractivity contribution in [2.75, 3.05) is 32.7 Å². The van der Waals surface area contributed by atoms with Crippen molar-refractivity contribution >= 4 is 17.7 Å². The van der Waals surface area contributed by atoms with Gasteiger partial charge < -0.3 is 25.3 Å². The lowest BCUT2D eigenvalue weighted by Crippen LogP contribution is -2.63. The molecule has 6 fully saturated rings. The first-order valence-electron chi connectivity index (χ1n) is 19.6. The van der Waals surface area contributed by atoms with Crippen LogP contribution in [0.4, 0.5) is 0 Å². The average Bonchev–Trinajstić information content (AvgIpc) is 3.72. The van der Waals surface area contributed by atoms with E-state index in [2.05, 4.69) is 24.1 Å². The molecular formula is C40H60N4O5. The summed E-state index contributed by atoms with van der Waals surface area (Å²) >= 11 is 0. The number of nitrogens with one attached hydrogen (secondary N) is 1. The number of fused-ring (bicyclic) bond motifs is 5. The molecule has 11 atom stereocenters. The van der Waals surface area contributed by atoms with E-state index in [1.807, 2.05) is 42.2 Å². The Morgan fingerprint density at radius 3 is 2.37 bits per heavy atom. The van der Waals surface area contributed by atoms with Gasteiger partial charge in [-0.15, -0.1) is 0 Å². The summed E-state index contributed by atoms with van der Waals surface area (Å²) in [7, 11) is 0. The third-order valence-electron chi connectivity index (χ3n) is 14.8. The summed E-state index contributed by atoms with van der Waals surface area (Å²) in [6.07, 6.45) is 10.4. The van der Waals surface area contributed by atoms with Gasteiger partial charge in [0.05, 0.1) is 12.2 Å². The van der Waals surface area contributed by atoms with Gasteiger partial charge in [0, 0.05) is 51.6 Å². The van der Waals surface area contributed by atoms with Crippen LogP contribution in [0.1, 0.15) is 97.0 Å². The minimum atomic E-state index is -0.703. The summed E-state index contributed by atoms with van der Waals surface area (Å²) in [4.78, 5) is 46.3. The van der Waals surface area contributed by atoms with Crippen LogP contribution >= 0.6 is 0 Å². The second kappa shape index (κ2) is 13.9. The van der Waals surface area contributed by atoms with Gasteiger partial charge in [-0.1, -0.05) is 51.1 Å². The second-order valence-corrected chi connectivity index (χ2v) is 17.1. The fraction of sp³-hybridized carbons (Fsp3) is 0.775. The smallest absolute Gasteiger partial charge is 0.245 e. The van der Waals surface area contributed by atoms with Crippen LogP contribution in [0.25, 0.3) is 0 Å². The van der Waals surface area contributed by atoms with Crippen LogP contribution in [0.5, 0.6) is 0 Å². The topological polar surface area (TPSA) is 113 Å². The molecule has 3 amide bonds. The summed E-state index contributed by atoms with van der Waals surface area (Å²) in [5, 5.41) is 25.6. The molecule has 0 aromatic heterocycles. The highest BCUT2D eigenvalue weighted by Crippen LogP contribution is 2.66. The molecule has 0 radical (unpaired) electrons. The van der Waals surface area contributed by atoms with Crippen LogP contribution in [0.2, 0.25) is 0 Å². The predicted octanol–water partition coefficient (Wildman–Crippen LogP) is 4.00. The predicted molar refractivity (Wildman–Crippen MR) is 188 cm³/mol. The maximum Gasteiger partial charge on any atom is 0.245 e.